The number of hydrogen-bond donors (Lipinski definition) is 1. The molecule has 0 radical (unpaired) electrons. The van der Waals surface area contributed by atoms with Gasteiger partial charge in [0.1, 0.15) is 6.04 Å². The van der Waals surface area contributed by atoms with E-state index in [9.17, 15) is 9.59 Å². The van der Waals surface area contributed by atoms with Gasteiger partial charge in [-0.05, 0) is 6.42 Å². The van der Waals surface area contributed by atoms with Gasteiger partial charge in [0.25, 0.3) is 0 Å². The molecule has 1 heterocycles. The molecule has 2 atom stereocenters. The predicted molar refractivity (Wildman–Crippen MR) is 40.6 cm³/mol. The van der Waals surface area contributed by atoms with E-state index in [0.717, 1.165) is 0 Å². The van der Waals surface area contributed by atoms with Crippen LogP contribution in [0.5, 0.6) is 0 Å². The molecule has 12 heavy (non-hydrogen) atoms. The van der Waals surface area contributed by atoms with Crippen molar-refractivity contribution in [3.63, 3.8) is 0 Å². The quantitative estimate of drug-likeness (QED) is 0.322. The number of esters is 2. The highest BCUT2D eigenvalue weighted by Crippen LogP contribution is 2.18. The Morgan fingerprint density at radius 3 is 2.83 bits per heavy atom. The lowest BCUT2D eigenvalue weighted by Gasteiger charge is -2.21. The number of ether oxygens (including phenoxy) is 1. The van der Waals surface area contributed by atoms with Crippen LogP contribution >= 0.6 is 0 Å². The summed E-state index contributed by atoms with van der Waals surface area (Å²) in [7, 11) is 0. The second-order valence-corrected chi connectivity index (χ2v) is 2.69. The van der Waals surface area contributed by atoms with Crippen molar-refractivity contribution in [3.05, 3.63) is 0 Å². The molecular formula is C8H9NO3. The molecule has 1 aliphatic heterocycles. The van der Waals surface area contributed by atoms with Crippen molar-refractivity contribution in [2.75, 3.05) is 0 Å². The molecule has 0 aliphatic carbocycles. The fraction of sp³-hybridized carbons (Fsp3) is 0.500. The summed E-state index contributed by atoms with van der Waals surface area (Å²) in [6.45, 7) is 0. The highest BCUT2D eigenvalue weighted by Gasteiger charge is 2.33. The third-order valence-corrected chi connectivity index (χ3v) is 1.74. The van der Waals surface area contributed by atoms with Crippen molar-refractivity contribution in [3.8, 4) is 12.3 Å². The Balaban J connectivity index is 2.63. The standard InChI is InChI=1S/C8H9NO3/c1-2-3-5-4-6(9)8(11)12-7(5)10/h1,5-6H,3-4,9H2/t5?,6-/m0/s1. The van der Waals surface area contributed by atoms with Crippen LogP contribution in [0.15, 0.2) is 0 Å². The van der Waals surface area contributed by atoms with E-state index in [4.69, 9.17) is 12.2 Å². The van der Waals surface area contributed by atoms with Crippen molar-refractivity contribution in [2.45, 2.75) is 18.9 Å². The van der Waals surface area contributed by atoms with E-state index in [1.54, 1.807) is 0 Å². The minimum atomic E-state index is -0.707. The first-order chi connectivity index (χ1) is 5.65. The van der Waals surface area contributed by atoms with Crippen LogP contribution in [0.25, 0.3) is 0 Å². The number of carbonyl (C=O) groups is 2. The van der Waals surface area contributed by atoms with Gasteiger partial charge in [-0.3, -0.25) is 4.79 Å². The normalized spacial score (nSPS) is 29.3. The number of hydrogen-bond acceptors (Lipinski definition) is 4. The highest BCUT2D eigenvalue weighted by molar-refractivity contribution is 5.92. The van der Waals surface area contributed by atoms with Gasteiger partial charge >= 0.3 is 11.9 Å². The molecule has 64 valence electrons. The molecule has 0 saturated carbocycles. The Kier molecular flexibility index (Phi) is 2.46. The molecule has 1 rings (SSSR count). The average Bonchev–Trinajstić information content (AvgIpc) is 2.01. The second-order valence-electron chi connectivity index (χ2n) is 2.69. The maximum Gasteiger partial charge on any atom is 0.330 e. The van der Waals surface area contributed by atoms with E-state index in [-0.39, 0.29) is 6.42 Å². The summed E-state index contributed by atoms with van der Waals surface area (Å²) in [6.07, 6.45) is 5.59. The van der Waals surface area contributed by atoms with Gasteiger partial charge in [0.05, 0.1) is 5.92 Å². The SMILES string of the molecule is C#CCC1C[C@H](N)C(=O)OC1=O. The minimum Gasteiger partial charge on any atom is -0.392 e. The highest BCUT2D eigenvalue weighted by atomic mass is 16.6. The van der Waals surface area contributed by atoms with Crippen LogP contribution in [0.3, 0.4) is 0 Å². The van der Waals surface area contributed by atoms with Crippen molar-refractivity contribution in [1.29, 1.82) is 0 Å². The molecule has 1 saturated heterocycles. The van der Waals surface area contributed by atoms with E-state index in [1.807, 2.05) is 0 Å². The third kappa shape index (κ3) is 1.63. The maximum absolute atomic E-state index is 10.9. The number of rotatable bonds is 1. The first-order valence-electron chi connectivity index (χ1n) is 3.59. The molecule has 4 heteroatoms. The van der Waals surface area contributed by atoms with Crippen LogP contribution in [-0.4, -0.2) is 18.0 Å². The van der Waals surface area contributed by atoms with Crippen LogP contribution in [0.1, 0.15) is 12.8 Å². The van der Waals surface area contributed by atoms with Gasteiger partial charge in [-0.2, -0.15) is 0 Å². The Hall–Kier alpha value is -1.34. The van der Waals surface area contributed by atoms with Crippen molar-refractivity contribution in [2.24, 2.45) is 11.7 Å². The Morgan fingerprint density at radius 1 is 1.58 bits per heavy atom. The number of terminal acetylenes is 1. The topological polar surface area (TPSA) is 69.4 Å². The van der Waals surface area contributed by atoms with E-state index in [0.29, 0.717) is 6.42 Å². The third-order valence-electron chi connectivity index (χ3n) is 1.74. The predicted octanol–water partition coefficient (Wildman–Crippen LogP) is -0.573. The Morgan fingerprint density at radius 2 is 2.25 bits per heavy atom. The molecule has 1 unspecified atom stereocenters. The molecule has 1 aliphatic rings. The number of cyclic esters (lactones) is 2. The van der Waals surface area contributed by atoms with Gasteiger partial charge in [0.15, 0.2) is 0 Å². The molecule has 0 amide bonds. The first-order valence-corrected chi connectivity index (χ1v) is 3.59. The molecule has 0 bridgehead atoms. The number of nitrogens with two attached hydrogens (primary N) is 1. The van der Waals surface area contributed by atoms with E-state index in [1.165, 1.54) is 0 Å². The van der Waals surface area contributed by atoms with Crippen LogP contribution in [0.4, 0.5) is 0 Å². The lowest BCUT2D eigenvalue weighted by molar-refractivity contribution is -0.168. The average molecular weight is 167 g/mol. The van der Waals surface area contributed by atoms with Gasteiger partial charge in [0, 0.05) is 6.42 Å². The van der Waals surface area contributed by atoms with Gasteiger partial charge in [-0.25, -0.2) is 4.79 Å². The van der Waals surface area contributed by atoms with Crippen LogP contribution in [-0.2, 0) is 14.3 Å². The fourth-order valence-corrected chi connectivity index (χ4v) is 1.07. The van der Waals surface area contributed by atoms with Gasteiger partial charge in [-0.1, -0.05) is 0 Å². The van der Waals surface area contributed by atoms with Crippen molar-refractivity contribution >= 4 is 11.9 Å². The largest absolute Gasteiger partial charge is 0.392 e. The summed E-state index contributed by atoms with van der Waals surface area (Å²) in [4.78, 5) is 21.7. The Bertz CT molecular complexity index is 254. The monoisotopic (exact) mass is 167 g/mol. The van der Waals surface area contributed by atoms with Crippen LogP contribution in [0.2, 0.25) is 0 Å². The van der Waals surface area contributed by atoms with Crippen LogP contribution < -0.4 is 5.73 Å². The molecule has 0 spiro atoms. The number of carbonyl (C=O) groups excluding carboxylic acids is 2. The van der Waals surface area contributed by atoms with Crippen LogP contribution in [0, 0.1) is 18.3 Å². The summed E-state index contributed by atoms with van der Waals surface area (Å²) in [5.41, 5.74) is 5.37. The molecule has 0 aromatic carbocycles. The van der Waals surface area contributed by atoms with E-state index >= 15 is 0 Å². The molecule has 4 nitrogen and oxygen atoms in total. The van der Waals surface area contributed by atoms with Gasteiger partial charge in [-0.15, -0.1) is 12.3 Å². The van der Waals surface area contributed by atoms with Crippen molar-refractivity contribution in [1.82, 2.24) is 0 Å². The molecular weight excluding hydrogens is 158 g/mol. The summed E-state index contributed by atoms with van der Waals surface area (Å²) in [5.74, 6) is 0.706. The zero-order valence-electron chi connectivity index (χ0n) is 6.45. The summed E-state index contributed by atoms with van der Waals surface area (Å²) in [5, 5.41) is 0. The lowest BCUT2D eigenvalue weighted by atomic mass is 9.95. The van der Waals surface area contributed by atoms with Gasteiger partial charge < -0.3 is 10.5 Å². The summed E-state index contributed by atoms with van der Waals surface area (Å²) < 4.78 is 4.37. The Labute approximate surface area is 70.1 Å². The maximum atomic E-state index is 10.9. The molecule has 0 aromatic rings. The molecule has 2 N–H and O–H groups in total. The van der Waals surface area contributed by atoms with Gasteiger partial charge in [0.2, 0.25) is 0 Å². The first kappa shape index (κ1) is 8.75. The van der Waals surface area contributed by atoms with E-state index in [2.05, 4.69) is 10.7 Å². The fourth-order valence-electron chi connectivity index (χ4n) is 1.07. The minimum absolute atomic E-state index is 0.278. The summed E-state index contributed by atoms with van der Waals surface area (Å²) in [6, 6.07) is -0.707. The lowest BCUT2D eigenvalue weighted by Crippen LogP contribution is -2.43. The smallest absolute Gasteiger partial charge is 0.330 e. The molecule has 1 fully saturated rings. The second kappa shape index (κ2) is 3.37. The zero-order valence-corrected chi connectivity index (χ0v) is 6.45. The van der Waals surface area contributed by atoms with E-state index < -0.39 is 23.9 Å². The van der Waals surface area contributed by atoms with Crippen molar-refractivity contribution < 1.29 is 14.3 Å². The zero-order chi connectivity index (χ0) is 9.14. The summed E-state index contributed by atoms with van der Waals surface area (Å²) >= 11 is 0. The molecule has 0 aromatic heterocycles.